The van der Waals surface area contributed by atoms with Gasteiger partial charge in [-0.3, -0.25) is 0 Å². The normalized spacial score (nSPS) is 12.5. The molecule has 0 aliphatic heterocycles. The first-order valence-corrected chi connectivity index (χ1v) is 24.3. The zero-order valence-electron chi connectivity index (χ0n) is 34.1. The van der Waals surface area contributed by atoms with E-state index < -0.39 is 15.8 Å². The van der Waals surface area contributed by atoms with E-state index in [0.29, 0.717) is 5.92 Å². The maximum Gasteiger partial charge on any atom is -0.0134 e. The third-order valence-electron chi connectivity index (χ3n) is 10.4. The van der Waals surface area contributed by atoms with Crippen LogP contribution in [0.1, 0.15) is 24.1 Å². The smallest absolute Gasteiger partial charge is 0.0134 e. The summed E-state index contributed by atoms with van der Waals surface area (Å²) in [4.78, 5) is 3.40. The van der Waals surface area contributed by atoms with Gasteiger partial charge in [-0.15, -0.1) is 0 Å². The van der Waals surface area contributed by atoms with Crippen molar-refractivity contribution >= 4 is 51.9 Å². The number of allylic oxidation sites excluding steroid dienone is 1. The molecular formula is C57H50NP2Ru. The van der Waals surface area contributed by atoms with Gasteiger partial charge < -0.3 is 0 Å². The molecule has 8 aromatic carbocycles. The van der Waals surface area contributed by atoms with Crippen molar-refractivity contribution in [2.45, 2.75) is 18.3 Å². The quantitative estimate of drug-likeness (QED) is 0.0799. The minimum atomic E-state index is -0.446. The summed E-state index contributed by atoms with van der Waals surface area (Å²) >= 11 is 2.50. The van der Waals surface area contributed by atoms with Crippen molar-refractivity contribution in [3.63, 3.8) is 0 Å². The minimum absolute atomic E-state index is 0.0319. The number of H-pyrrole nitrogens is 1. The molecule has 1 unspecified atom stereocenters. The standard InChI is InChI=1S/2C18H15P.C16H15N.C5H5.Ru/c2*1-4-10-16(11-5-1)19(17-12-6-2-7-13-17)18-14-8-3-9-15-18;1-2-16(14-10-11-14,15-9-6-12-17-15)13-7-4-3-5-8-13;1-2-4-5-3-1;/h2*1-15H;2-9,12,14,17H,10-11H2;1-5H;/q;;;-1;+1. The number of hydrogen-bond donors (Lipinski definition) is 1. The first kappa shape index (κ1) is 43.4. The summed E-state index contributed by atoms with van der Waals surface area (Å²) in [5, 5.41) is 8.39. The van der Waals surface area contributed by atoms with Crippen LogP contribution in [0.5, 0.6) is 0 Å². The van der Waals surface area contributed by atoms with Crippen molar-refractivity contribution in [3.05, 3.63) is 278 Å². The van der Waals surface area contributed by atoms with Crippen LogP contribution in [-0.2, 0) is 23.3 Å². The Morgan fingerprint density at radius 3 is 1.02 bits per heavy atom. The average molecular weight is 912 g/mol. The van der Waals surface area contributed by atoms with Crippen LogP contribution >= 0.6 is 15.8 Å². The molecule has 301 valence electrons. The number of aromatic nitrogens is 1. The largest absolute Gasteiger partial charge is 0.214 e. The van der Waals surface area contributed by atoms with Crippen LogP contribution < -0.4 is 31.8 Å². The number of nitrogens with one attached hydrogen (secondary N) is 1. The van der Waals surface area contributed by atoms with Gasteiger partial charge in [0.25, 0.3) is 0 Å². The SMILES string of the molecule is [Ru+]=[C]=CC(c1ccccc1)(c1ccc[nH]1)C1CC1.c1cc[cH-]c1.c1ccc(P(c2ccccc2)c2ccccc2)cc1.c1ccc(P(c2ccccc2)c2ccccc2)cc1. The molecule has 1 atom stereocenters. The molecule has 9 aromatic rings. The Bertz CT molecular complexity index is 2240. The minimum Gasteiger partial charge on any atom is -0.214 e. The van der Waals surface area contributed by atoms with Gasteiger partial charge in [0, 0.05) is 0 Å². The fourth-order valence-corrected chi connectivity index (χ4v) is 12.5. The first-order chi connectivity index (χ1) is 30.3. The molecule has 1 aromatic heterocycles. The monoisotopic (exact) mass is 912 g/mol. The number of hydrogen-bond acceptors (Lipinski definition) is 0. The summed E-state index contributed by atoms with van der Waals surface area (Å²) in [5.74, 6) is 0.689. The Morgan fingerprint density at radius 1 is 0.443 bits per heavy atom. The van der Waals surface area contributed by atoms with E-state index >= 15 is 0 Å². The predicted octanol–water partition coefficient (Wildman–Crippen LogP) is 11.5. The van der Waals surface area contributed by atoms with Crippen LogP contribution in [0.15, 0.2) is 267 Å². The molecule has 61 heavy (non-hydrogen) atoms. The first-order valence-electron chi connectivity index (χ1n) is 20.7. The van der Waals surface area contributed by atoms with Crippen molar-refractivity contribution in [1.82, 2.24) is 4.98 Å². The van der Waals surface area contributed by atoms with E-state index in [-0.39, 0.29) is 5.41 Å². The topological polar surface area (TPSA) is 15.8 Å². The van der Waals surface area contributed by atoms with Crippen LogP contribution in [0.25, 0.3) is 0 Å². The second-order valence-corrected chi connectivity index (χ2v) is 19.4. The van der Waals surface area contributed by atoms with Crippen molar-refractivity contribution in [2.24, 2.45) is 5.92 Å². The maximum absolute atomic E-state index is 3.40. The van der Waals surface area contributed by atoms with Gasteiger partial charge in [0.1, 0.15) is 0 Å². The Kier molecular flexibility index (Phi) is 16.6. The van der Waals surface area contributed by atoms with Gasteiger partial charge in [0.2, 0.25) is 0 Å². The molecule has 1 aliphatic rings. The molecular weight excluding hydrogens is 862 g/mol. The molecule has 0 spiro atoms. The fourth-order valence-electron chi connectivity index (χ4n) is 7.49. The predicted molar refractivity (Wildman–Crippen MR) is 263 cm³/mol. The average Bonchev–Trinajstić information content (AvgIpc) is 3.71. The zero-order chi connectivity index (χ0) is 41.8. The third kappa shape index (κ3) is 12.0. The molecule has 1 fully saturated rings. The number of benzene rings is 7. The second kappa shape index (κ2) is 23.3. The Hall–Kier alpha value is -5.70. The van der Waals surface area contributed by atoms with Crippen molar-refractivity contribution in [3.8, 4) is 0 Å². The summed E-state index contributed by atoms with van der Waals surface area (Å²) in [6, 6.07) is 89.7. The summed E-state index contributed by atoms with van der Waals surface area (Å²) in [6.45, 7) is 0. The molecule has 4 heteroatoms. The van der Waals surface area contributed by atoms with Gasteiger partial charge in [-0.05, 0) is 47.7 Å². The molecule has 1 saturated carbocycles. The summed E-state index contributed by atoms with van der Waals surface area (Å²) in [6.07, 6.45) is 6.80. The molecule has 0 radical (unpaired) electrons. The Morgan fingerprint density at radius 2 is 0.770 bits per heavy atom. The van der Waals surface area contributed by atoms with Gasteiger partial charge in [0.15, 0.2) is 0 Å². The molecule has 0 bridgehead atoms. The third-order valence-corrected chi connectivity index (χ3v) is 15.6. The van der Waals surface area contributed by atoms with E-state index in [1.165, 1.54) is 55.9 Å². The molecule has 1 nitrogen and oxygen atoms in total. The van der Waals surface area contributed by atoms with Gasteiger partial charge in [-0.2, -0.15) is 18.2 Å². The van der Waals surface area contributed by atoms with Gasteiger partial charge >= 0.3 is 117 Å². The van der Waals surface area contributed by atoms with Gasteiger partial charge in [0.05, 0.1) is 0 Å². The second-order valence-electron chi connectivity index (χ2n) is 14.5. The van der Waals surface area contributed by atoms with Crippen molar-refractivity contribution in [2.75, 3.05) is 0 Å². The molecule has 1 N–H and O–H groups in total. The maximum atomic E-state index is 3.40. The Labute approximate surface area is 375 Å². The summed E-state index contributed by atoms with van der Waals surface area (Å²) in [7, 11) is -0.892. The van der Waals surface area contributed by atoms with Crippen molar-refractivity contribution in [1.29, 1.82) is 0 Å². The van der Waals surface area contributed by atoms with E-state index in [9.17, 15) is 0 Å². The number of aromatic amines is 1. The fraction of sp³-hybridized carbons (Fsp3) is 0.0702. The van der Waals surface area contributed by atoms with Crippen LogP contribution in [0, 0.1) is 5.92 Å². The zero-order valence-corrected chi connectivity index (χ0v) is 37.7. The van der Waals surface area contributed by atoms with Crippen LogP contribution in [0.4, 0.5) is 0 Å². The molecule has 1 heterocycles. The van der Waals surface area contributed by atoms with E-state index in [2.05, 4.69) is 258 Å². The van der Waals surface area contributed by atoms with Crippen molar-refractivity contribution < 1.29 is 17.9 Å². The van der Waals surface area contributed by atoms with Crippen LogP contribution in [0.2, 0.25) is 0 Å². The van der Waals surface area contributed by atoms with Gasteiger partial charge in [-0.25, -0.2) is 12.1 Å². The van der Waals surface area contributed by atoms with Gasteiger partial charge in [-0.1, -0.05) is 182 Å². The number of rotatable bonds is 10. The summed E-state index contributed by atoms with van der Waals surface area (Å²) < 4.78 is 3.20. The molecule has 0 saturated heterocycles. The van der Waals surface area contributed by atoms with E-state index in [0.717, 1.165) is 0 Å². The van der Waals surface area contributed by atoms with E-state index in [1.807, 2.05) is 36.5 Å². The summed E-state index contributed by atoms with van der Waals surface area (Å²) in [5.41, 5.74) is 2.59. The molecule has 0 amide bonds. The Balaban J connectivity index is 0.000000130. The molecule has 10 rings (SSSR count). The van der Waals surface area contributed by atoms with E-state index in [4.69, 9.17) is 0 Å². The van der Waals surface area contributed by atoms with Crippen LogP contribution in [0.3, 0.4) is 0 Å². The van der Waals surface area contributed by atoms with E-state index in [1.54, 1.807) is 0 Å². The van der Waals surface area contributed by atoms with Crippen LogP contribution in [-0.4, -0.2) is 9.25 Å². The molecule has 1 aliphatic carbocycles.